The summed E-state index contributed by atoms with van der Waals surface area (Å²) in [7, 11) is 2.02. The molecule has 0 aliphatic heterocycles. The molecule has 0 amide bonds. The highest BCUT2D eigenvalue weighted by atomic mass is 79.9. The SMILES string of the molecule is Cc1ccccc1CN(C)c1ccc(CBr)cc1C#N. The third kappa shape index (κ3) is 3.20. The minimum atomic E-state index is 0.720. The number of aryl methyl sites for hydroxylation is 1. The fraction of sp³-hybridized carbons (Fsp3) is 0.235. The van der Waals surface area contributed by atoms with Crippen molar-refractivity contribution in [1.29, 1.82) is 5.26 Å². The van der Waals surface area contributed by atoms with Crippen LogP contribution in [0.5, 0.6) is 0 Å². The molecule has 0 atom stereocenters. The molecule has 0 bridgehead atoms. The molecule has 0 aromatic heterocycles. The fourth-order valence-electron chi connectivity index (χ4n) is 2.22. The van der Waals surface area contributed by atoms with Crippen molar-refractivity contribution in [3.8, 4) is 6.07 Å². The number of nitriles is 1. The summed E-state index contributed by atoms with van der Waals surface area (Å²) in [5.74, 6) is 0. The Balaban J connectivity index is 2.28. The van der Waals surface area contributed by atoms with E-state index in [9.17, 15) is 5.26 Å². The maximum absolute atomic E-state index is 9.32. The van der Waals surface area contributed by atoms with E-state index in [0.717, 1.165) is 28.7 Å². The summed E-state index contributed by atoms with van der Waals surface area (Å²) < 4.78 is 0. The first-order valence-corrected chi connectivity index (χ1v) is 7.62. The van der Waals surface area contributed by atoms with Crippen LogP contribution in [-0.4, -0.2) is 7.05 Å². The van der Waals surface area contributed by atoms with E-state index >= 15 is 0 Å². The third-order valence-electron chi connectivity index (χ3n) is 3.42. The molecule has 0 radical (unpaired) electrons. The van der Waals surface area contributed by atoms with Crippen molar-refractivity contribution in [2.75, 3.05) is 11.9 Å². The van der Waals surface area contributed by atoms with Crippen molar-refractivity contribution in [2.24, 2.45) is 0 Å². The molecule has 0 saturated carbocycles. The van der Waals surface area contributed by atoms with Crippen molar-refractivity contribution in [1.82, 2.24) is 0 Å². The zero-order valence-corrected chi connectivity index (χ0v) is 13.3. The Morgan fingerprint density at radius 3 is 2.60 bits per heavy atom. The molecule has 0 saturated heterocycles. The number of alkyl halides is 1. The van der Waals surface area contributed by atoms with Crippen LogP contribution in [0.2, 0.25) is 0 Å². The average molecular weight is 329 g/mol. The third-order valence-corrected chi connectivity index (χ3v) is 4.06. The van der Waals surface area contributed by atoms with Gasteiger partial charge in [-0.25, -0.2) is 0 Å². The second-order valence-electron chi connectivity index (χ2n) is 4.88. The molecule has 2 aromatic carbocycles. The van der Waals surface area contributed by atoms with E-state index < -0.39 is 0 Å². The molecule has 102 valence electrons. The van der Waals surface area contributed by atoms with Crippen molar-refractivity contribution >= 4 is 21.6 Å². The van der Waals surface area contributed by atoms with Crippen LogP contribution in [0.1, 0.15) is 22.3 Å². The summed E-state index contributed by atoms with van der Waals surface area (Å²) >= 11 is 3.42. The van der Waals surface area contributed by atoms with Gasteiger partial charge in [-0.2, -0.15) is 5.26 Å². The Bertz CT molecular complexity index is 644. The van der Waals surface area contributed by atoms with Crippen LogP contribution >= 0.6 is 15.9 Å². The molecular weight excluding hydrogens is 312 g/mol. The summed E-state index contributed by atoms with van der Waals surface area (Å²) in [5.41, 5.74) is 5.37. The molecule has 2 aromatic rings. The van der Waals surface area contributed by atoms with Gasteiger partial charge in [-0.05, 0) is 35.7 Å². The lowest BCUT2D eigenvalue weighted by Gasteiger charge is -2.22. The first-order valence-electron chi connectivity index (χ1n) is 6.50. The van der Waals surface area contributed by atoms with Gasteiger partial charge in [0.25, 0.3) is 0 Å². The zero-order chi connectivity index (χ0) is 14.5. The first-order chi connectivity index (χ1) is 9.65. The monoisotopic (exact) mass is 328 g/mol. The maximum Gasteiger partial charge on any atom is 0.101 e. The van der Waals surface area contributed by atoms with Crippen LogP contribution in [0.25, 0.3) is 0 Å². The second-order valence-corrected chi connectivity index (χ2v) is 5.44. The molecule has 2 rings (SSSR count). The van der Waals surface area contributed by atoms with Crippen LogP contribution in [0.15, 0.2) is 42.5 Å². The molecule has 2 nitrogen and oxygen atoms in total. The standard InChI is InChI=1S/C17H17BrN2/c1-13-5-3-4-6-15(13)12-20(2)17-8-7-14(10-18)9-16(17)11-19/h3-9H,10,12H2,1-2H3. The summed E-state index contributed by atoms with van der Waals surface area (Å²) in [5, 5.41) is 10.1. The summed E-state index contributed by atoms with van der Waals surface area (Å²) in [6, 6.07) is 16.6. The summed E-state index contributed by atoms with van der Waals surface area (Å²) in [6.07, 6.45) is 0. The zero-order valence-electron chi connectivity index (χ0n) is 11.7. The van der Waals surface area contributed by atoms with Crippen LogP contribution in [0, 0.1) is 18.3 Å². The van der Waals surface area contributed by atoms with E-state index in [2.05, 4.69) is 58.1 Å². The van der Waals surface area contributed by atoms with Gasteiger partial charge in [0.15, 0.2) is 0 Å². The van der Waals surface area contributed by atoms with E-state index in [1.54, 1.807) is 0 Å². The van der Waals surface area contributed by atoms with E-state index in [1.807, 2.05) is 25.2 Å². The highest BCUT2D eigenvalue weighted by Crippen LogP contribution is 2.23. The molecule has 20 heavy (non-hydrogen) atoms. The Labute approximate surface area is 128 Å². The van der Waals surface area contributed by atoms with E-state index in [-0.39, 0.29) is 0 Å². The Hall–Kier alpha value is -1.79. The van der Waals surface area contributed by atoms with Gasteiger partial charge in [0.1, 0.15) is 6.07 Å². The highest BCUT2D eigenvalue weighted by Gasteiger charge is 2.09. The second kappa shape index (κ2) is 6.58. The van der Waals surface area contributed by atoms with Gasteiger partial charge in [-0.1, -0.05) is 46.3 Å². The van der Waals surface area contributed by atoms with Crippen molar-refractivity contribution < 1.29 is 0 Å². The molecular formula is C17H17BrN2. The number of hydrogen-bond acceptors (Lipinski definition) is 2. The van der Waals surface area contributed by atoms with Crippen molar-refractivity contribution in [3.05, 3.63) is 64.7 Å². The average Bonchev–Trinajstić information content (AvgIpc) is 2.48. The topological polar surface area (TPSA) is 27.0 Å². The van der Waals surface area contributed by atoms with Gasteiger partial charge >= 0.3 is 0 Å². The van der Waals surface area contributed by atoms with E-state index in [0.29, 0.717) is 0 Å². The van der Waals surface area contributed by atoms with Crippen LogP contribution < -0.4 is 4.90 Å². The number of rotatable bonds is 4. The number of hydrogen-bond donors (Lipinski definition) is 0. The van der Waals surface area contributed by atoms with Gasteiger partial charge in [-0.15, -0.1) is 0 Å². The Kier molecular flexibility index (Phi) is 4.81. The lowest BCUT2D eigenvalue weighted by molar-refractivity contribution is 0.912. The maximum atomic E-state index is 9.32. The molecule has 0 spiro atoms. The number of nitrogens with zero attached hydrogens (tertiary/aromatic N) is 2. The van der Waals surface area contributed by atoms with Gasteiger partial charge in [0.2, 0.25) is 0 Å². The van der Waals surface area contributed by atoms with Gasteiger partial charge in [0.05, 0.1) is 11.3 Å². The number of benzene rings is 2. The predicted octanol–water partition coefficient (Wildman–Crippen LogP) is 4.40. The Morgan fingerprint density at radius 2 is 1.95 bits per heavy atom. The minimum absolute atomic E-state index is 0.720. The van der Waals surface area contributed by atoms with Crippen molar-refractivity contribution in [3.63, 3.8) is 0 Å². The smallest absolute Gasteiger partial charge is 0.101 e. The van der Waals surface area contributed by atoms with Crippen LogP contribution in [0.4, 0.5) is 5.69 Å². The molecule has 0 aliphatic rings. The molecule has 0 fully saturated rings. The molecule has 3 heteroatoms. The fourth-order valence-corrected chi connectivity index (χ4v) is 2.57. The molecule has 0 heterocycles. The molecule has 0 aliphatic carbocycles. The lowest BCUT2D eigenvalue weighted by Crippen LogP contribution is -2.18. The molecule has 0 N–H and O–H groups in total. The Morgan fingerprint density at radius 1 is 1.20 bits per heavy atom. The van der Waals surface area contributed by atoms with Crippen LogP contribution in [0.3, 0.4) is 0 Å². The summed E-state index contributed by atoms with van der Waals surface area (Å²) in [4.78, 5) is 2.12. The summed E-state index contributed by atoms with van der Waals surface area (Å²) in [6.45, 7) is 2.91. The number of halogens is 1. The van der Waals surface area contributed by atoms with Crippen LogP contribution in [-0.2, 0) is 11.9 Å². The minimum Gasteiger partial charge on any atom is -0.369 e. The molecule has 0 unspecified atom stereocenters. The first kappa shape index (κ1) is 14.6. The normalized spacial score (nSPS) is 10.1. The highest BCUT2D eigenvalue weighted by molar-refractivity contribution is 9.08. The van der Waals surface area contributed by atoms with Gasteiger partial charge in [-0.3, -0.25) is 0 Å². The predicted molar refractivity (Wildman–Crippen MR) is 87.1 cm³/mol. The quantitative estimate of drug-likeness (QED) is 0.778. The number of anilines is 1. The lowest BCUT2D eigenvalue weighted by atomic mass is 10.1. The van der Waals surface area contributed by atoms with E-state index in [1.165, 1.54) is 11.1 Å². The van der Waals surface area contributed by atoms with E-state index in [4.69, 9.17) is 0 Å². The van der Waals surface area contributed by atoms with Gasteiger partial charge in [0, 0.05) is 18.9 Å². The van der Waals surface area contributed by atoms with Gasteiger partial charge < -0.3 is 4.90 Å². The van der Waals surface area contributed by atoms with Crippen molar-refractivity contribution in [2.45, 2.75) is 18.8 Å². The largest absolute Gasteiger partial charge is 0.369 e.